The van der Waals surface area contributed by atoms with Gasteiger partial charge in [0.15, 0.2) is 0 Å². The van der Waals surface area contributed by atoms with Gasteiger partial charge in [-0.05, 0) is 19.3 Å². The molecule has 0 aliphatic heterocycles. The van der Waals surface area contributed by atoms with E-state index in [1.807, 2.05) is 0 Å². The van der Waals surface area contributed by atoms with E-state index >= 15 is 0 Å². The molecule has 0 fully saturated rings. The van der Waals surface area contributed by atoms with Gasteiger partial charge in [0.25, 0.3) is 0 Å². The van der Waals surface area contributed by atoms with Gasteiger partial charge >= 0.3 is 12.3 Å². The van der Waals surface area contributed by atoms with E-state index in [9.17, 15) is 17.6 Å². The van der Waals surface area contributed by atoms with Crippen molar-refractivity contribution < 1.29 is 22.3 Å². The van der Waals surface area contributed by atoms with Gasteiger partial charge in [-0.2, -0.15) is 8.78 Å². The molecule has 0 amide bonds. The van der Waals surface area contributed by atoms with E-state index in [1.54, 1.807) is 0 Å². The summed E-state index contributed by atoms with van der Waals surface area (Å²) in [6.45, 7) is -1.15. The van der Waals surface area contributed by atoms with Crippen LogP contribution in [0.25, 0.3) is 0 Å². The standard InChI is InChI=1S/C8H13ClF4O/c9-4-2-1-3-5-14-6-8(12,13)7(10)11/h7H,1-6H2. The molecule has 0 rings (SSSR count). The minimum Gasteiger partial charge on any atom is -0.375 e. The number of rotatable bonds is 8. The molecule has 0 heterocycles. The predicted molar refractivity (Wildman–Crippen MR) is 46.3 cm³/mol. The summed E-state index contributed by atoms with van der Waals surface area (Å²) in [6.07, 6.45) is -1.57. The summed E-state index contributed by atoms with van der Waals surface area (Å²) in [6, 6.07) is 0. The number of hydrogen-bond acceptors (Lipinski definition) is 1. The molecule has 1 nitrogen and oxygen atoms in total. The Morgan fingerprint density at radius 2 is 1.79 bits per heavy atom. The topological polar surface area (TPSA) is 9.23 Å². The lowest BCUT2D eigenvalue weighted by atomic mass is 10.3. The van der Waals surface area contributed by atoms with Crippen LogP contribution >= 0.6 is 11.6 Å². The fourth-order valence-electron chi connectivity index (χ4n) is 0.747. The Balaban J connectivity index is 3.35. The van der Waals surface area contributed by atoms with E-state index < -0.39 is 19.0 Å². The number of hydrogen-bond donors (Lipinski definition) is 0. The lowest BCUT2D eigenvalue weighted by molar-refractivity contribution is -0.165. The Morgan fingerprint density at radius 3 is 2.29 bits per heavy atom. The zero-order chi connectivity index (χ0) is 11.0. The van der Waals surface area contributed by atoms with Crippen LogP contribution in [0.3, 0.4) is 0 Å². The second-order valence-electron chi connectivity index (χ2n) is 2.86. The smallest absolute Gasteiger partial charge is 0.330 e. The maximum Gasteiger partial charge on any atom is 0.330 e. The highest BCUT2D eigenvalue weighted by Crippen LogP contribution is 2.22. The average Bonchev–Trinajstić information content (AvgIpc) is 2.10. The molecule has 0 saturated carbocycles. The fraction of sp³-hybridized carbons (Fsp3) is 1.00. The van der Waals surface area contributed by atoms with Gasteiger partial charge in [0, 0.05) is 12.5 Å². The molecule has 0 aromatic rings. The van der Waals surface area contributed by atoms with Gasteiger partial charge < -0.3 is 4.74 Å². The monoisotopic (exact) mass is 236 g/mol. The third-order valence-corrected chi connectivity index (χ3v) is 1.80. The summed E-state index contributed by atoms with van der Waals surface area (Å²) in [5.74, 6) is -3.53. The molecule has 0 N–H and O–H groups in total. The molecule has 0 unspecified atom stereocenters. The molecule has 0 spiro atoms. The van der Waals surface area contributed by atoms with Crippen LogP contribution in [-0.4, -0.2) is 31.4 Å². The lowest BCUT2D eigenvalue weighted by Crippen LogP contribution is -2.32. The Morgan fingerprint density at radius 1 is 1.14 bits per heavy atom. The molecule has 0 bridgehead atoms. The van der Waals surface area contributed by atoms with Gasteiger partial charge in [0.2, 0.25) is 0 Å². The van der Waals surface area contributed by atoms with Crippen molar-refractivity contribution in [2.75, 3.05) is 19.1 Å². The molecule has 0 atom stereocenters. The minimum atomic E-state index is -4.04. The Labute approximate surface area is 85.4 Å². The zero-order valence-electron chi connectivity index (χ0n) is 7.62. The number of unbranched alkanes of at least 4 members (excludes halogenated alkanes) is 2. The summed E-state index contributed by atoms with van der Waals surface area (Å²) < 4.78 is 52.1. The molecule has 86 valence electrons. The largest absolute Gasteiger partial charge is 0.375 e. The van der Waals surface area contributed by atoms with E-state index in [0.717, 1.165) is 12.8 Å². The molecule has 0 aromatic heterocycles. The van der Waals surface area contributed by atoms with E-state index in [-0.39, 0.29) is 6.61 Å². The van der Waals surface area contributed by atoms with Crippen molar-refractivity contribution in [3.63, 3.8) is 0 Å². The Hall–Kier alpha value is -0.0300. The number of alkyl halides is 5. The maximum atomic E-state index is 12.2. The van der Waals surface area contributed by atoms with Gasteiger partial charge in [-0.15, -0.1) is 11.6 Å². The van der Waals surface area contributed by atoms with Gasteiger partial charge in [0.1, 0.15) is 6.61 Å². The molecule has 0 radical (unpaired) electrons. The van der Waals surface area contributed by atoms with Crippen molar-refractivity contribution in [2.45, 2.75) is 31.6 Å². The number of halogens is 5. The summed E-state index contributed by atoms with van der Waals surface area (Å²) >= 11 is 5.37. The molecule has 0 aliphatic rings. The predicted octanol–water partition coefficient (Wildman–Crippen LogP) is 3.31. The summed E-state index contributed by atoms with van der Waals surface area (Å²) in [5.41, 5.74) is 0. The molecule has 14 heavy (non-hydrogen) atoms. The van der Waals surface area contributed by atoms with Gasteiger partial charge in [-0.3, -0.25) is 0 Å². The van der Waals surface area contributed by atoms with E-state index in [4.69, 9.17) is 11.6 Å². The number of ether oxygens (including phenoxy) is 1. The molecule has 0 aromatic carbocycles. The summed E-state index contributed by atoms with van der Waals surface area (Å²) in [5, 5.41) is 0. The normalized spacial score (nSPS) is 12.4. The van der Waals surface area contributed by atoms with Crippen molar-refractivity contribution in [1.29, 1.82) is 0 Å². The van der Waals surface area contributed by atoms with Crippen molar-refractivity contribution in [1.82, 2.24) is 0 Å². The summed E-state index contributed by atoms with van der Waals surface area (Å²) in [7, 11) is 0. The van der Waals surface area contributed by atoms with Crippen LogP contribution < -0.4 is 0 Å². The van der Waals surface area contributed by atoms with Crippen LogP contribution in [0.2, 0.25) is 0 Å². The van der Waals surface area contributed by atoms with Crippen molar-refractivity contribution in [3.05, 3.63) is 0 Å². The summed E-state index contributed by atoms with van der Waals surface area (Å²) in [4.78, 5) is 0. The second-order valence-corrected chi connectivity index (χ2v) is 3.24. The first-order valence-electron chi connectivity index (χ1n) is 4.30. The maximum absolute atomic E-state index is 12.2. The molecule has 0 saturated heterocycles. The SMILES string of the molecule is FC(F)C(F)(F)COCCCCCCl. The molecular weight excluding hydrogens is 224 g/mol. The van der Waals surface area contributed by atoms with E-state index in [0.29, 0.717) is 12.3 Å². The van der Waals surface area contributed by atoms with Gasteiger partial charge in [0.05, 0.1) is 0 Å². The van der Waals surface area contributed by atoms with E-state index in [1.165, 1.54) is 0 Å². The molecular formula is C8H13ClF4O. The van der Waals surface area contributed by atoms with Crippen molar-refractivity contribution in [3.8, 4) is 0 Å². The lowest BCUT2D eigenvalue weighted by Gasteiger charge is -2.14. The van der Waals surface area contributed by atoms with Crippen molar-refractivity contribution >= 4 is 11.6 Å². The fourth-order valence-corrected chi connectivity index (χ4v) is 0.936. The van der Waals surface area contributed by atoms with Gasteiger partial charge in [-0.1, -0.05) is 0 Å². The highest BCUT2D eigenvalue weighted by atomic mass is 35.5. The highest BCUT2D eigenvalue weighted by molar-refractivity contribution is 6.17. The third kappa shape index (κ3) is 6.43. The average molecular weight is 237 g/mol. The third-order valence-electron chi connectivity index (χ3n) is 1.54. The first kappa shape index (κ1) is 14.0. The minimum absolute atomic E-state index is 0.0686. The van der Waals surface area contributed by atoms with Gasteiger partial charge in [-0.25, -0.2) is 8.78 Å². The molecule has 6 heteroatoms. The van der Waals surface area contributed by atoms with E-state index in [2.05, 4.69) is 4.74 Å². The first-order chi connectivity index (χ1) is 6.50. The second kappa shape index (κ2) is 7.29. The Kier molecular flexibility index (Phi) is 7.27. The quantitative estimate of drug-likeness (QED) is 0.357. The van der Waals surface area contributed by atoms with Crippen LogP contribution in [0.4, 0.5) is 17.6 Å². The van der Waals surface area contributed by atoms with Crippen LogP contribution in [0.5, 0.6) is 0 Å². The van der Waals surface area contributed by atoms with Crippen LogP contribution in [0, 0.1) is 0 Å². The first-order valence-corrected chi connectivity index (χ1v) is 4.84. The highest BCUT2D eigenvalue weighted by Gasteiger charge is 2.40. The Bertz CT molecular complexity index is 143. The van der Waals surface area contributed by atoms with Crippen LogP contribution in [-0.2, 0) is 4.74 Å². The molecule has 0 aliphatic carbocycles. The zero-order valence-corrected chi connectivity index (χ0v) is 8.37. The van der Waals surface area contributed by atoms with Crippen LogP contribution in [0.15, 0.2) is 0 Å². The van der Waals surface area contributed by atoms with Crippen LogP contribution in [0.1, 0.15) is 19.3 Å². The van der Waals surface area contributed by atoms with Crippen molar-refractivity contribution in [2.24, 2.45) is 0 Å².